The second-order valence-corrected chi connectivity index (χ2v) is 11.5. The van der Waals surface area contributed by atoms with Crippen molar-refractivity contribution in [2.45, 2.75) is 68.4 Å². The Morgan fingerprint density at radius 3 is 2.69 bits per heavy atom. The van der Waals surface area contributed by atoms with Gasteiger partial charge in [0.1, 0.15) is 5.03 Å². The highest BCUT2D eigenvalue weighted by atomic mass is 32.2. The highest BCUT2D eigenvalue weighted by Gasteiger charge is 2.25. The fourth-order valence-electron chi connectivity index (χ4n) is 4.18. The largest absolute Gasteiger partial charge is 0.389 e. The smallest absolute Gasteiger partial charge is 0.251 e. The molecule has 1 amide bonds. The topological polar surface area (TPSA) is 101 Å². The van der Waals surface area contributed by atoms with E-state index in [-0.39, 0.29) is 5.91 Å². The van der Waals surface area contributed by atoms with Crippen molar-refractivity contribution in [2.24, 2.45) is 0 Å². The molecular formula is C26H33N5O3S. The fraction of sp³-hybridized carbons (Fsp3) is 0.500. The predicted octanol–water partition coefficient (Wildman–Crippen LogP) is 4.05. The number of ether oxygens (including phenoxy) is 1. The number of anilines is 1. The van der Waals surface area contributed by atoms with Gasteiger partial charge in [0.2, 0.25) is 0 Å². The standard InChI is InChI=1S/C26H33N5O3S/c1-16-12-17(4-7-20(16)25(32)29-18-5-6-18)22-14-27-24-21(28-15-26(2,3)33)13-23(30-31(22)24)35-19-8-10-34-11-9-19/h4,7,12-14,18-19,28,33H,5-6,8-11,15H2,1-3H3,(H,29,32). The molecule has 0 unspecified atom stereocenters. The van der Waals surface area contributed by atoms with Crippen molar-refractivity contribution in [1.82, 2.24) is 19.9 Å². The number of imidazole rings is 1. The molecule has 2 aliphatic rings. The second-order valence-electron chi connectivity index (χ2n) is 10.1. The van der Waals surface area contributed by atoms with Crippen LogP contribution in [0.3, 0.4) is 0 Å². The number of nitrogens with zero attached hydrogens (tertiary/aromatic N) is 3. The maximum atomic E-state index is 12.6. The van der Waals surface area contributed by atoms with E-state index in [9.17, 15) is 9.90 Å². The van der Waals surface area contributed by atoms with Gasteiger partial charge >= 0.3 is 0 Å². The maximum Gasteiger partial charge on any atom is 0.251 e. The summed E-state index contributed by atoms with van der Waals surface area (Å²) < 4.78 is 7.38. The van der Waals surface area contributed by atoms with E-state index >= 15 is 0 Å². The predicted molar refractivity (Wildman–Crippen MR) is 138 cm³/mol. The average molecular weight is 496 g/mol. The number of benzene rings is 1. The number of amides is 1. The molecule has 3 N–H and O–H groups in total. The zero-order chi connectivity index (χ0) is 24.6. The first-order valence-electron chi connectivity index (χ1n) is 12.3. The number of nitrogens with one attached hydrogen (secondary N) is 2. The van der Waals surface area contributed by atoms with E-state index < -0.39 is 5.60 Å². The number of carbonyl (C=O) groups is 1. The Balaban J connectivity index is 1.49. The third kappa shape index (κ3) is 5.79. The van der Waals surface area contributed by atoms with Crippen LogP contribution >= 0.6 is 11.8 Å². The molecule has 1 aliphatic heterocycles. The number of hydrogen-bond acceptors (Lipinski definition) is 7. The first-order valence-corrected chi connectivity index (χ1v) is 13.2. The number of hydrogen-bond donors (Lipinski definition) is 3. The van der Waals surface area contributed by atoms with Crippen LogP contribution in [0.15, 0.2) is 35.5 Å². The molecule has 1 aromatic carbocycles. The molecule has 5 rings (SSSR count). The summed E-state index contributed by atoms with van der Waals surface area (Å²) in [6.45, 7) is 7.46. The molecule has 35 heavy (non-hydrogen) atoms. The lowest BCUT2D eigenvalue weighted by Gasteiger charge is -2.22. The van der Waals surface area contributed by atoms with Gasteiger partial charge in [-0.3, -0.25) is 4.79 Å². The Morgan fingerprint density at radius 2 is 2.00 bits per heavy atom. The van der Waals surface area contributed by atoms with E-state index in [4.69, 9.17) is 9.84 Å². The molecule has 3 aromatic rings. The van der Waals surface area contributed by atoms with Gasteiger partial charge in [-0.2, -0.15) is 5.10 Å². The number of aliphatic hydroxyl groups is 1. The minimum absolute atomic E-state index is 0.0129. The van der Waals surface area contributed by atoms with Gasteiger partial charge in [-0.1, -0.05) is 6.07 Å². The number of carbonyl (C=O) groups excluding carboxylic acids is 1. The van der Waals surface area contributed by atoms with E-state index in [2.05, 4.69) is 15.6 Å². The number of fused-ring (bicyclic) bond motifs is 1. The van der Waals surface area contributed by atoms with E-state index in [0.29, 0.717) is 29.0 Å². The van der Waals surface area contributed by atoms with Crippen LogP contribution in [0.4, 0.5) is 5.69 Å². The van der Waals surface area contributed by atoms with E-state index in [1.54, 1.807) is 25.6 Å². The van der Waals surface area contributed by atoms with Crippen LogP contribution < -0.4 is 10.6 Å². The van der Waals surface area contributed by atoms with Gasteiger partial charge in [0.25, 0.3) is 5.91 Å². The van der Waals surface area contributed by atoms with E-state index in [1.807, 2.05) is 41.9 Å². The molecule has 0 radical (unpaired) electrons. The van der Waals surface area contributed by atoms with Gasteiger partial charge in [-0.15, -0.1) is 11.8 Å². The molecule has 9 heteroatoms. The lowest BCUT2D eigenvalue weighted by atomic mass is 10.0. The van der Waals surface area contributed by atoms with Crippen molar-refractivity contribution in [1.29, 1.82) is 0 Å². The second kappa shape index (κ2) is 9.79. The summed E-state index contributed by atoms with van der Waals surface area (Å²) >= 11 is 1.76. The molecule has 0 atom stereocenters. The van der Waals surface area contributed by atoms with Crippen LogP contribution in [-0.2, 0) is 4.74 Å². The van der Waals surface area contributed by atoms with E-state index in [0.717, 1.165) is 66.4 Å². The Hall–Kier alpha value is -2.62. The highest BCUT2D eigenvalue weighted by Crippen LogP contribution is 2.33. The molecule has 1 saturated carbocycles. The van der Waals surface area contributed by atoms with Gasteiger partial charge in [0.05, 0.1) is 23.2 Å². The molecule has 1 aliphatic carbocycles. The van der Waals surface area contributed by atoms with Gasteiger partial charge in [-0.25, -0.2) is 9.50 Å². The Kier molecular flexibility index (Phi) is 6.74. The third-order valence-corrected chi connectivity index (χ3v) is 7.54. The van der Waals surface area contributed by atoms with E-state index in [1.165, 1.54) is 0 Å². The summed E-state index contributed by atoms with van der Waals surface area (Å²) in [6.07, 6.45) is 5.94. The molecular weight excluding hydrogens is 462 g/mol. The molecule has 0 bridgehead atoms. The summed E-state index contributed by atoms with van der Waals surface area (Å²) in [6, 6.07) is 8.22. The monoisotopic (exact) mass is 495 g/mol. The molecule has 8 nitrogen and oxygen atoms in total. The molecule has 0 spiro atoms. The lowest BCUT2D eigenvalue weighted by Crippen LogP contribution is -2.29. The van der Waals surface area contributed by atoms with Gasteiger partial charge in [-0.05, 0) is 70.2 Å². The van der Waals surface area contributed by atoms with Gasteiger partial charge in [0, 0.05) is 42.2 Å². The van der Waals surface area contributed by atoms with Crippen LogP contribution in [-0.4, -0.2) is 62.3 Å². The van der Waals surface area contributed by atoms with Crippen molar-refractivity contribution < 1.29 is 14.6 Å². The fourth-order valence-corrected chi connectivity index (χ4v) is 5.26. The first-order chi connectivity index (χ1) is 16.8. The summed E-state index contributed by atoms with van der Waals surface area (Å²) in [5.41, 5.74) is 4.10. The Bertz CT molecular complexity index is 1230. The molecule has 3 heterocycles. The Labute approximate surface area is 209 Å². The van der Waals surface area contributed by atoms with Crippen LogP contribution in [0.25, 0.3) is 16.9 Å². The van der Waals surface area contributed by atoms with Crippen molar-refractivity contribution >= 4 is 29.0 Å². The Morgan fingerprint density at radius 1 is 1.23 bits per heavy atom. The highest BCUT2D eigenvalue weighted by molar-refractivity contribution is 7.99. The quantitative estimate of drug-likeness (QED) is 0.433. The van der Waals surface area contributed by atoms with Crippen molar-refractivity contribution in [3.8, 4) is 11.3 Å². The summed E-state index contributed by atoms with van der Waals surface area (Å²) in [5, 5.41) is 23.0. The minimum Gasteiger partial charge on any atom is -0.389 e. The average Bonchev–Trinajstić information content (AvgIpc) is 3.53. The first kappa shape index (κ1) is 24.1. The zero-order valence-corrected chi connectivity index (χ0v) is 21.3. The van der Waals surface area contributed by atoms with Crippen LogP contribution in [0, 0.1) is 6.92 Å². The summed E-state index contributed by atoms with van der Waals surface area (Å²) in [5.74, 6) is -0.0129. The van der Waals surface area contributed by atoms with Crippen molar-refractivity contribution in [3.63, 3.8) is 0 Å². The zero-order valence-electron chi connectivity index (χ0n) is 20.5. The molecule has 2 aromatic heterocycles. The summed E-state index contributed by atoms with van der Waals surface area (Å²) in [4.78, 5) is 17.2. The van der Waals surface area contributed by atoms with Gasteiger partial charge < -0.3 is 20.5 Å². The normalized spacial score (nSPS) is 17.0. The van der Waals surface area contributed by atoms with Crippen molar-refractivity contribution in [2.75, 3.05) is 25.1 Å². The summed E-state index contributed by atoms with van der Waals surface area (Å²) in [7, 11) is 0. The number of aromatic nitrogens is 3. The minimum atomic E-state index is -0.863. The maximum absolute atomic E-state index is 12.6. The van der Waals surface area contributed by atoms with Crippen LogP contribution in [0.2, 0.25) is 0 Å². The van der Waals surface area contributed by atoms with Gasteiger partial charge in [0.15, 0.2) is 5.65 Å². The third-order valence-electron chi connectivity index (χ3n) is 6.29. The number of thioether (sulfide) groups is 1. The number of aryl methyl sites for hydroxylation is 1. The lowest BCUT2D eigenvalue weighted by molar-refractivity contribution is 0.0940. The van der Waals surface area contributed by atoms with Crippen molar-refractivity contribution in [3.05, 3.63) is 41.6 Å². The molecule has 1 saturated heterocycles. The van der Waals surface area contributed by atoms with Crippen LogP contribution in [0.1, 0.15) is 55.5 Å². The molecule has 186 valence electrons. The molecule has 2 fully saturated rings. The SMILES string of the molecule is Cc1cc(-c2cnc3c(NCC(C)(C)O)cc(SC4CCOCC4)nn23)ccc1C(=O)NC1CC1. The van der Waals surface area contributed by atoms with Crippen LogP contribution in [0.5, 0.6) is 0 Å². The number of rotatable bonds is 8.